The molecule has 0 fully saturated rings. The molecule has 1 aromatic heterocycles. The van der Waals surface area contributed by atoms with Gasteiger partial charge in [-0.05, 0) is 44.6 Å². The summed E-state index contributed by atoms with van der Waals surface area (Å²) in [5, 5.41) is 8.44. The van der Waals surface area contributed by atoms with Crippen LogP contribution in [-0.2, 0) is 6.42 Å². The summed E-state index contributed by atoms with van der Waals surface area (Å²) in [6.45, 7) is 0. The molecule has 0 atom stereocenters. The Bertz CT molecular complexity index is 390. The molecule has 0 spiro atoms. The van der Waals surface area contributed by atoms with Gasteiger partial charge in [-0.1, -0.05) is 0 Å². The number of nitrogens with zero attached hydrogens (tertiary/aromatic N) is 2. The van der Waals surface area contributed by atoms with Gasteiger partial charge in [-0.3, -0.25) is 0 Å². The topological polar surface area (TPSA) is 36.7 Å². The molecule has 0 aliphatic rings. The van der Waals surface area contributed by atoms with Crippen molar-refractivity contribution in [3.8, 4) is 6.07 Å². The Balaban J connectivity index is 3.21. The van der Waals surface area contributed by atoms with Crippen molar-refractivity contribution in [3.63, 3.8) is 0 Å². The Kier molecular flexibility index (Phi) is 4.19. The standard InChI is InChI=1S/C8H4BrF2IN2/c9-4-3-5(12)7(8(10)11)14-6(4)1-2-13/h3,8H,1H2. The highest BCUT2D eigenvalue weighted by atomic mass is 127. The van der Waals surface area contributed by atoms with Gasteiger partial charge in [-0.25, -0.2) is 13.8 Å². The summed E-state index contributed by atoms with van der Waals surface area (Å²) in [5.74, 6) is 0. The van der Waals surface area contributed by atoms with E-state index in [-0.39, 0.29) is 12.1 Å². The molecule has 1 heterocycles. The van der Waals surface area contributed by atoms with Crippen molar-refractivity contribution >= 4 is 38.5 Å². The second kappa shape index (κ2) is 4.98. The third-order valence-electron chi connectivity index (χ3n) is 1.48. The molecule has 1 rings (SSSR count). The number of hydrogen-bond donors (Lipinski definition) is 0. The number of halogens is 4. The summed E-state index contributed by atoms with van der Waals surface area (Å²) in [7, 11) is 0. The molecular formula is C8H4BrF2IN2. The van der Waals surface area contributed by atoms with Crippen LogP contribution in [-0.4, -0.2) is 4.98 Å². The zero-order valence-corrected chi connectivity index (χ0v) is 10.5. The van der Waals surface area contributed by atoms with Crippen molar-refractivity contribution in [2.45, 2.75) is 12.8 Å². The van der Waals surface area contributed by atoms with Gasteiger partial charge in [0.25, 0.3) is 6.43 Å². The largest absolute Gasteiger partial charge is 0.281 e. The molecule has 1 aromatic rings. The van der Waals surface area contributed by atoms with Crippen LogP contribution < -0.4 is 0 Å². The normalized spacial score (nSPS) is 10.3. The smallest absolute Gasteiger partial charge is 0.248 e. The predicted molar refractivity (Wildman–Crippen MR) is 58.9 cm³/mol. The first-order valence-electron chi connectivity index (χ1n) is 3.56. The minimum Gasteiger partial charge on any atom is -0.248 e. The van der Waals surface area contributed by atoms with E-state index in [0.29, 0.717) is 13.7 Å². The summed E-state index contributed by atoms with van der Waals surface area (Å²) in [6, 6.07) is 3.41. The Morgan fingerprint density at radius 1 is 1.64 bits per heavy atom. The number of hydrogen-bond acceptors (Lipinski definition) is 2. The molecular weight excluding hydrogens is 369 g/mol. The molecule has 0 amide bonds. The van der Waals surface area contributed by atoms with Gasteiger partial charge in [0, 0.05) is 8.04 Å². The fourth-order valence-corrected chi connectivity index (χ4v) is 2.43. The number of nitriles is 1. The Morgan fingerprint density at radius 2 is 2.29 bits per heavy atom. The fourth-order valence-electron chi connectivity index (χ4n) is 0.873. The van der Waals surface area contributed by atoms with Gasteiger partial charge in [0.05, 0.1) is 18.2 Å². The average Bonchev–Trinajstić information content (AvgIpc) is 2.09. The van der Waals surface area contributed by atoms with E-state index in [0.717, 1.165) is 0 Å². The van der Waals surface area contributed by atoms with E-state index in [4.69, 9.17) is 5.26 Å². The molecule has 0 aliphatic carbocycles. The molecule has 2 nitrogen and oxygen atoms in total. The third kappa shape index (κ3) is 2.60. The molecule has 0 unspecified atom stereocenters. The van der Waals surface area contributed by atoms with Crippen LogP contribution in [0.15, 0.2) is 10.5 Å². The highest BCUT2D eigenvalue weighted by Crippen LogP contribution is 2.27. The summed E-state index contributed by atoms with van der Waals surface area (Å²) >= 11 is 4.96. The monoisotopic (exact) mass is 372 g/mol. The van der Waals surface area contributed by atoms with E-state index in [1.165, 1.54) is 0 Å². The Labute approximate surface area is 102 Å². The summed E-state index contributed by atoms with van der Waals surface area (Å²) in [5.41, 5.74) is 0.0854. The van der Waals surface area contributed by atoms with Crippen LogP contribution in [0.2, 0.25) is 0 Å². The van der Waals surface area contributed by atoms with Crippen LogP contribution in [0, 0.1) is 14.9 Å². The minimum absolute atomic E-state index is 0.0250. The van der Waals surface area contributed by atoms with Crippen LogP contribution in [0.3, 0.4) is 0 Å². The van der Waals surface area contributed by atoms with E-state index in [9.17, 15) is 8.78 Å². The second-order valence-electron chi connectivity index (χ2n) is 2.42. The van der Waals surface area contributed by atoms with E-state index in [1.807, 2.05) is 6.07 Å². The highest BCUT2D eigenvalue weighted by Gasteiger charge is 2.16. The maximum atomic E-state index is 12.4. The molecule has 0 radical (unpaired) electrons. The van der Waals surface area contributed by atoms with E-state index in [1.54, 1.807) is 28.7 Å². The first-order chi connectivity index (χ1) is 6.56. The lowest BCUT2D eigenvalue weighted by atomic mass is 10.2. The van der Waals surface area contributed by atoms with Gasteiger partial charge < -0.3 is 0 Å². The molecule has 0 aromatic carbocycles. The van der Waals surface area contributed by atoms with Crippen molar-refractivity contribution in [3.05, 3.63) is 25.5 Å². The molecule has 0 aliphatic heterocycles. The van der Waals surface area contributed by atoms with Crippen molar-refractivity contribution < 1.29 is 8.78 Å². The number of aromatic nitrogens is 1. The van der Waals surface area contributed by atoms with E-state index >= 15 is 0 Å². The quantitative estimate of drug-likeness (QED) is 0.745. The summed E-state index contributed by atoms with van der Waals surface area (Å²) < 4.78 is 25.8. The molecule has 0 N–H and O–H groups in total. The number of alkyl halides is 2. The second-order valence-corrected chi connectivity index (χ2v) is 4.44. The summed E-state index contributed by atoms with van der Waals surface area (Å²) in [6.07, 6.45) is -2.58. The average molecular weight is 373 g/mol. The van der Waals surface area contributed by atoms with Crippen molar-refractivity contribution in [1.29, 1.82) is 5.26 Å². The lowest BCUT2D eigenvalue weighted by Gasteiger charge is -2.06. The van der Waals surface area contributed by atoms with Crippen LogP contribution >= 0.6 is 38.5 Å². The molecule has 0 saturated heterocycles. The minimum atomic E-state index is -2.60. The molecule has 0 bridgehead atoms. The SMILES string of the molecule is N#CCc1nc(C(F)F)c(I)cc1Br. The fraction of sp³-hybridized carbons (Fsp3) is 0.250. The van der Waals surface area contributed by atoms with E-state index in [2.05, 4.69) is 20.9 Å². The highest BCUT2D eigenvalue weighted by molar-refractivity contribution is 14.1. The lowest BCUT2D eigenvalue weighted by Crippen LogP contribution is -2.00. The maximum Gasteiger partial charge on any atom is 0.281 e. The Morgan fingerprint density at radius 3 is 2.79 bits per heavy atom. The van der Waals surface area contributed by atoms with Crippen LogP contribution in [0.5, 0.6) is 0 Å². The molecule has 14 heavy (non-hydrogen) atoms. The first kappa shape index (κ1) is 11.8. The molecule has 6 heteroatoms. The molecule has 74 valence electrons. The predicted octanol–water partition coefficient (Wildman–Crippen LogP) is 3.45. The lowest BCUT2D eigenvalue weighted by molar-refractivity contribution is 0.144. The van der Waals surface area contributed by atoms with Gasteiger partial charge in [0.1, 0.15) is 5.69 Å². The maximum absolute atomic E-state index is 12.4. The van der Waals surface area contributed by atoms with Crippen LogP contribution in [0.1, 0.15) is 17.8 Å². The van der Waals surface area contributed by atoms with Crippen LogP contribution in [0.25, 0.3) is 0 Å². The zero-order chi connectivity index (χ0) is 10.7. The van der Waals surface area contributed by atoms with Crippen molar-refractivity contribution in [2.75, 3.05) is 0 Å². The van der Waals surface area contributed by atoms with Gasteiger partial charge in [0.2, 0.25) is 0 Å². The van der Waals surface area contributed by atoms with E-state index < -0.39 is 6.43 Å². The summed E-state index contributed by atoms with van der Waals surface area (Å²) in [4.78, 5) is 3.73. The molecule has 0 saturated carbocycles. The van der Waals surface area contributed by atoms with Gasteiger partial charge in [-0.2, -0.15) is 5.26 Å². The zero-order valence-electron chi connectivity index (χ0n) is 6.77. The number of rotatable bonds is 2. The van der Waals surface area contributed by atoms with Crippen molar-refractivity contribution in [2.24, 2.45) is 0 Å². The first-order valence-corrected chi connectivity index (χ1v) is 5.43. The Hall–Kier alpha value is -0.290. The van der Waals surface area contributed by atoms with Crippen molar-refractivity contribution in [1.82, 2.24) is 4.98 Å². The van der Waals surface area contributed by atoms with Gasteiger partial charge >= 0.3 is 0 Å². The number of pyridine rings is 1. The van der Waals surface area contributed by atoms with Gasteiger partial charge in [0.15, 0.2) is 0 Å². The van der Waals surface area contributed by atoms with Crippen LogP contribution in [0.4, 0.5) is 8.78 Å². The van der Waals surface area contributed by atoms with Gasteiger partial charge in [-0.15, -0.1) is 0 Å². The third-order valence-corrected chi connectivity index (χ3v) is 3.03.